The minimum atomic E-state index is -2.88. The zero-order valence-electron chi connectivity index (χ0n) is 12.7. The highest BCUT2D eigenvalue weighted by molar-refractivity contribution is 7.91. The van der Waals surface area contributed by atoms with Crippen molar-refractivity contribution < 1.29 is 13.2 Å². The Morgan fingerprint density at radius 2 is 1.90 bits per heavy atom. The number of sulfone groups is 1. The highest BCUT2D eigenvalue weighted by atomic mass is 32.2. The van der Waals surface area contributed by atoms with Gasteiger partial charge in [0.05, 0.1) is 11.5 Å². The predicted molar refractivity (Wildman–Crippen MR) is 85.4 cm³/mol. The van der Waals surface area contributed by atoms with Crippen LogP contribution in [0.4, 0.5) is 11.4 Å². The van der Waals surface area contributed by atoms with Crippen LogP contribution in [0.2, 0.25) is 0 Å². The molecule has 1 aromatic rings. The minimum absolute atomic E-state index is 0.0157. The monoisotopic (exact) mass is 310 g/mol. The second-order valence-electron chi connectivity index (χ2n) is 5.86. The van der Waals surface area contributed by atoms with Crippen molar-refractivity contribution in [2.45, 2.75) is 26.3 Å². The Hall–Kier alpha value is -1.56. The standard InChI is InChI=1S/C15H22N2O3S/c1-11(2)15(18)16-12-4-6-13(7-5-12)17(3)14-8-9-21(19,20)10-14/h4-7,11,14H,8-10H2,1-3H3,(H,16,18). The number of carbonyl (C=O) groups is 1. The molecule has 2 rings (SSSR count). The molecule has 0 saturated carbocycles. The molecule has 1 fully saturated rings. The lowest BCUT2D eigenvalue weighted by molar-refractivity contribution is -0.118. The van der Waals surface area contributed by atoms with Gasteiger partial charge < -0.3 is 10.2 Å². The molecule has 0 radical (unpaired) electrons. The van der Waals surface area contributed by atoms with Crippen molar-refractivity contribution in [3.63, 3.8) is 0 Å². The van der Waals surface area contributed by atoms with Crippen molar-refractivity contribution in [3.8, 4) is 0 Å². The maximum absolute atomic E-state index is 11.6. The van der Waals surface area contributed by atoms with E-state index < -0.39 is 9.84 Å². The first-order valence-electron chi connectivity index (χ1n) is 7.13. The van der Waals surface area contributed by atoms with E-state index in [1.165, 1.54) is 0 Å². The third-order valence-corrected chi connectivity index (χ3v) is 5.57. The van der Waals surface area contributed by atoms with Gasteiger partial charge in [-0.05, 0) is 30.7 Å². The Morgan fingerprint density at radius 3 is 2.38 bits per heavy atom. The van der Waals surface area contributed by atoms with E-state index in [0.717, 1.165) is 11.4 Å². The van der Waals surface area contributed by atoms with Crippen LogP contribution in [0.5, 0.6) is 0 Å². The Kier molecular flexibility index (Phi) is 4.56. The molecule has 1 amide bonds. The van der Waals surface area contributed by atoms with E-state index in [1.54, 1.807) is 0 Å². The second-order valence-corrected chi connectivity index (χ2v) is 8.09. The van der Waals surface area contributed by atoms with Crippen LogP contribution < -0.4 is 10.2 Å². The smallest absolute Gasteiger partial charge is 0.226 e. The Labute approximate surface area is 126 Å². The highest BCUT2D eigenvalue weighted by Gasteiger charge is 2.30. The molecule has 1 aliphatic heterocycles. The predicted octanol–water partition coefficient (Wildman–Crippen LogP) is 1.90. The Bertz CT molecular complexity index is 608. The highest BCUT2D eigenvalue weighted by Crippen LogP contribution is 2.24. The summed E-state index contributed by atoms with van der Waals surface area (Å²) in [5.41, 5.74) is 1.71. The zero-order valence-corrected chi connectivity index (χ0v) is 13.5. The molecule has 5 nitrogen and oxygen atoms in total. The number of carbonyl (C=O) groups excluding carboxylic acids is 1. The lowest BCUT2D eigenvalue weighted by atomic mass is 10.1. The van der Waals surface area contributed by atoms with Crippen molar-refractivity contribution in [3.05, 3.63) is 24.3 Å². The molecule has 1 aliphatic rings. The SMILES string of the molecule is CC(C)C(=O)Nc1ccc(N(C)C2CCS(=O)(=O)C2)cc1. The zero-order chi connectivity index (χ0) is 15.6. The number of hydrogen-bond acceptors (Lipinski definition) is 4. The van der Waals surface area contributed by atoms with Crippen LogP contribution in [0.25, 0.3) is 0 Å². The molecular formula is C15H22N2O3S. The summed E-state index contributed by atoms with van der Waals surface area (Å²) in [5.74, 6) is 0.411. The Balaban J connectivity index is 2.03. The molecule has 1 heterocycles. The van der Waals surface area contributed by atoms with E-state index in [4.69, 9.17) is 0 Å². The molecule has 21 heavy (non-hydrogen) atoms. The number of nitrogens with zero attached hydrogens (tertiary/aromatic N) is 1. The molecule has 1 N–H and O–H groups in total. The lowest BCUT2D eigenvalue weighted by Gasteiger charge is -2.25. The molecule has 1 saturated heterocycles. The molecule has 116 valence electrons. The summed E-state index contributed by atoms with van der Waals surface area (Å²) in [7, 11) is -0.971. The van der Waals surface area contributed by atoms with E-state index in [1.807, 2.05) is 50.1 Å². The average molecular weight is 310 g/mol. The molecule has 1 aromatic carbocycles. The van der Waals surface area contributed by atoms with Gasteiger partial charge in [-0.3, -0.25) is 4.79 Å². The molecule has 0 bridgehead atoms. The van der Waals surface area contributed by atoms with Gasteiger partial charge in [0, 0.05) is 30.4 Å². The van der Waals surface area contributed by atoms with E-state index in [0.29, 0.717) is 6.42 Å². The van der Waals surface area contributed by atoms with Gasteiger partial charge in [-0.25, -0.2) is 8.42 Å². The van der Waals surface area contributed by atoms with Gasteiger partial charge in [-0.1, -0.05) is 13.8 Å². The van der Waals surface area contributed by atoms with Crippen LogP contribution in [0, 0.1) is 5.92 Å². The van der Waals surface area contributed by atoms with Crippen LogP contribution in [0.3, 0.4) is 0 Å². The summed E-state index contributed by atoms with van der Waals surface area (Å²) in [5, 5.41) is 2.84. The van der Waals surface area contributed by atoms with Crippen molar-refractivity contribution in [2.24, 2.45) is 5.92 Å². The summed E-state index contributed by atoms with van der Waals surface area (Å²) in [6.07, 6.45) is 0.671. The number of nitrogens with one attached hydrogen (secondary N) is 1. The third-order valence-electron chi connectivity index (χ3n) is 3.82. The quantitative estimate of drug-likeness (QED) is 0.922. The van der Waals surface area contributed by atoms with Crippen LogP contribution in [0.15, 0.2) is 24.3 Å². The topological polar surface area (TPSA) is 66.5 Å². The fourth-order valence-corrected chi connectivity index (χ4v) is 4.13. The fourth-order valence-electron chi connectivity index (χ4n) is 2.36. The number of hydrogen-bond donors (Lipinski definition) is 1. The van der Waals surface area contributed by atoms with Crippen LogP contribution in [-0.2, 0) is 14.6 Å². The maximum Gasteiger partial charge on any atom is 0.226 e. The van der Waals surface area contributed by atoms with E-state index in [9.17, 15) is 13.2 Å². The van der Waals surface area contributed by atoms with Crippen LogP contribution in [-0.4, -0.2) is 38.9 Å². The normalized spacial score (nSPS) is 20.5. The van der Waals surface area contributed by atoms with Gasteiger partial charge >= 0.3 is 0 Å². The van der Waals surface area contributed by atoms with E-state index in [2.05, 4.69) is 5.32 Å². The number of amides is 1. The van der Waals surface area contributed by atoms with Crippen molar-refractivity contribution in [1.29, 1.82) is 0 Å². The first-order chi connectivity index (χ1) is 9.78. The molecule has 0 aliphatic carbocycles. The largest absolute Gasteiger partial charge is 0.371 e. The summed E-state index contributed by atoms with van der Waals surface area (Å²) >= 11 is 0. The van der Waals surface area contributed by atoms with Gasteiger partial charge in [0.15, 0.2) is 9.84 Å². The van der Waals surface area contributed by atoms with E-state index in [-0.39, 0.29) is 29.4 Å². The third kappa shape index (κ3) is 3.97. The molecular weight excluding hydrogens is 288 g/mol. The fraction of sp³-hybridized carbons (Fsp3) is 0.533. The van der Waals surface area contributed by atoms with Gasteiger partial charge in [0.25, 0.3) is 0 Å². The van der Waals surface area contributed by atoms with Gasteiger partial charge in [-0.15, -0.1) is 0 Å². The lowest BCUT2D eigenvalue weighted by Crippen LogP contribution is -2.32. The summed E-state index contributed by atoms with van der Waals surface area (Å²) < 4.78 is 23.1. The average Bonchev–Trinajstić information content (AvgIpc) is 2.79. The van der Waals surface area contributed by atoms with Gasteiger partial charge in [0.1, 0.15) is 0 Å². The van der Waals surface area contributed by atoms with E-state index >= 15 is 0 Å². The van der Waals surface area contributed by atoms with Crippen LogP contribution in [0.1, 0.15) is 20.3 Å². The van der Waals surface area contributed by atoms with Gasteiger partial charge in [0.2, 0.25) is 5.91 Å². The van der Waals surface area contributed by atoms with Crippen molar-refractivity contribution in [1.82, 2.24) is 0 Å². The summed E-state index contributed by atoms with van der Waals surface area (Å²) in [4.78, 5) is 13.6. The number of anilines is 2. The minimum Gasteiger partial charge on any atom is -0.371 e. The first-order valence-corrected chi connectivity index (χ1v) is 8.95. The molecule has 0 aromatic heterocycles. The molecule has 1 unspecified atom stereocenters. The second kappa shape index (κ2) is 6.05. The first kappa shape index (κ1) is 15.8. The summed E-state index contributed by atoms with van der Waals surface area (Å²) in [6, 6.07) is 7.53. The molecule has 6 heteroatoms. The number of benzene rings is 1. The van der Waals surface area contributed by atoms with Crippen LogP contribution >= 0.6 is 0 Å². The van der Waals surface area contributed by atoms with Gasteiger partial charge in [-0.2, -0.15) is 0 Å². The Morgan fingerprint density at radius 1 is 1.29 bits per heavy atom. The number of rotatable bonds is 4. The van der Waals surface area contributed by atoms with Crippen molar-refractivity contribution in [2.75, 3.05) is 28.8 Å². The summed E-state index contributed by atoms with van der Waals surface area (Å²) in [6.45, 7) is 3.69. The van der Waals surface area contributed by atoms with Crippen molar-refractivity contribution >= 4 is 27.1 Å². The molecule has 0 spiro atoms. The molecule has 1 atom stereocenters. The maximum atomic E-state index is 11.6.